The Kier molecular flexibility index (Phi) is 5.33. The van der Waals surface area contributed by atoms with Gasteiger partial charge in [-0.15, -0.1) is 0 Å². The molecule has 4 aromatic rings. The van der Waals surface area contributed by atoms with Crippen molar-refractivity contribution in [3.63, 3.8) is 0 Å². The molecule has 0 saturated heterocycles. The lowest BCUT2D eigenvalue weighted by molar-refractivity contribution is -0.138. The van der Waals surface area contributed by atoms with Crippen molar-refractivity contribution in [2.45, 2.75) is 12.4 Å². The topological polar surface area (TPSA) is 87.4 Å². The van der Waals surface area contributed by atoms with Gasteiger partial charge in [-0.3, -0.25) is 0 Å². The van der Waals surface area contributed by atoms with E-state index in [9.17, 15) is 26.3 Å². The van der Waals surface area contributed by atoms with Crippen LogP contribution in [0.2, 0.25) is 0 Å². The third-order valence-electron chi connectivity index (χ3n) is 4.51. The molecule has 0 bridgehead atoms. The Morgan fingerprint density at radius 3 is 2.24 bits per heavy atom. The van der Waals surface area contributed by atoms with Crippen LogP contribution in [-0.4, -0.2) is 19.9 Å². The van der Waals surface area contributed by atoms with Crippen molar-refractivity contribution in [1.82, 2.24) is 19.9 Å². The van der Waals surface area contributed by atoms with Crippen LogP contribution in [0.4, 0.5) is 37.8 Å². The van der Waals surface area contributed by atoms with E-state index in [-0.39, 0.29) is 22.9 Å². The third kappa shape index (κ3) is 4.52. The zero-order valence-corrected chi connectivity index (χ0v) is 16.2. The Morgan fingerprint density at radius 2 is 1.61 bits per heavy atom. The summed E-state index contributed by atoms with van der Waals surface area (Å²) in [5.41, 5.74) is -2.42. The molecule has 4 heterocycles. The molecule has 0 unspecified atom stereocenters. The molecular weight excluding hydrogens is 450 g/mol. The van der Waals surface area contributed by atoms with Crippen molar-refractivity contribution in [3.8, 4) is 17.5 Å². The Hall–Kier alpha value is -4.27. The smallest absolute Gasteiger partial charge is 0.340 e. The molecule has 6 nitrogen and oxygen atoms in total. The molecule has 0 aliphatic rings. The number of rotatable bonds is 3. The fraction of sp³-hybridized carbons (Fsp3) is 0.0952. The average Bonchev–Trinajstić information content (AvgIpc) is 2.77. The lowest BCUT2D eigenvalue weighted by atomic mass is 10.1. The van der Waals surface area contributed by atoms with Gasteiger partial charge in [0.2, 0.25) is 0 Å². The van der Waals surface area contributed by atoms with Gasteiger partial charge in [-0.2, -0.15) is 31.6 Å². The first-order valence-corrected chi connectivity index (χ1v) is 9.11. The maximum Gasteiger partial charge on any atom is 0.418 e. The third-order valence-corrected chi connectivity index (χ3v) is 4.51. The summed E-state index contributed by atoms with van der Waals surface area (Å²) < 4.78 is 78.5. The molecule has 0 radical (unpaired) electrons. The van der Waals surface area contributed by atoms with Crippen molar-refractivity contribution in [2.24, 2.45) is 0 Å². The van der Waals surface area contributed by atoms with Crippen LogP contribution < -0.4 is 5.32 Å². The van der Waals surface area contributed by atoms with Crippen LogP contribution in [0.3, 0.4) is 0 Å². The van der Waals surface area contributed by atoms with Gasteiger partial charge >= 0.3 is 12.4 Å². The van der Waals surface area contributed by atoms with Crippen molar-refractivity contribution >= 4 is 22.5 Å². The normalized spacial score (nSPS) is 11.9. The van der Waals surface area contributed by atoms with Crippen LogP contribution in [0.5, 0.6) is 0 Å². The molecule has 0 atom stereocenters. The standard InChI is InChI=1S/C21H10F6N6/c22-20(23,24)11-1-6-17(30-10-11)32-15-7-8-29-19-13(15)3-5-16(33-19)18-14(21(25,26)27)4-2-12(9-28)31-18/h1-8,10H,(H,29,30,32,33). The quantitative estimate of drug-likeness (QED) is 0.393. The summed E-state index contributed by atoms with van der Waals surface area (Å²) >= 11 is 0. The van der Waals surface area contributed by atoms with Crippen LogP contribution in [0, 0.1) is 11.3 Å². The monoisotopic (exact) mass is 460 g/mol. The predicted molar refractivity (Wildman–Crippen MR) is 105 cm³/mol. The molecule has 0 amide bonds. The highest BCUT2D eigenvalue weighted by Crippen LogP contribution is 2.36. The molecular formula is C21H10F6N6. The molecule has 0 aromatic carbocycles. The van der Waals surface area contributed by atoms with Crippen LogP contribution in [0.15, 0.2) is 54.9 Å². The largest absolute Gasteiger partial charge is 0.418 e. The zero-order chi connectivity index (χ0) is 23.8. The minimum atomic E-state index is -4.72. The molecule has 0 fully saturated rings. The number of nitrogens with one attached hydrogen (secondary N) is 1. The number of anilines is 2. The predicted octanol–water partition coefficient (Wildman–Crippen LogP) is 5.74. The number of nitrogens with zero attached hydrogens (tertiary/aromatic N) is 5. The van der Waals surface area contributed by atoms with Gasteiger partial charge in [-0.1, -0.05) is 0 Å². The Morgan fingerprint density at radius 1 is 0.818 bits per heavy atom. The second-order valence-corrected chi connectivity index (χ2v) is 6.68. The van der Waals surface area contributed by atoms with Crippen LogP contribution in [0.1, 0.15) is 16.8 Å². The highest BCUT2D eigenvalue weighted by atomic mass is 19.4. The first-order chi connectivity index (χ1) is 15.6. The molecule has 0 saturated carbocycles. The van der Waals surface area contributed by atoms with E-state index >= 15 is 0 Å². The lowest BCUT2D eigenvalue weighted by Gasteiger charge is -2.13. The van der Waals surface area contributed by atoms with E-state index in [1.165, 1.54) is 24.4 Å². The number of halogens is 6. The van der Waals surface area contributed by atoms with Crippen molar-refractivity contribution in [1.29, 1.82) is 5.26 Å². The van der Waals surface area contributed by atoms with Crippen molar-refractivity contribution in [3.05, 3.63) is 71.7 Å². The van der Waals surface area contributed by atoms with E-state index in [4.69, 9.17) is 5.26 Å². The van der Waals surface area contributed by atoms with E-state index in [0.717, 1.165) is 24.3 Å². The van der Waals surface area contributed by atoms with Gasteiger partial charge in [0.1, 0.15) is 23.3 Å². The van der Waals surface area contributed by atoms with Gasteiger partial charge in [0.15, 0.2) is 5.65 Å². The Balaban J connectivity index is 1.74. The van der Waals surface area contributed by atoms with E-state index in [2.05, 4.69) is 25.3 Å². The minimum Gasteiger partial charge on any atom is -0.340 e. The molecule has 1 N–H and O–H groups in total. The number of fused-ring (bicyclic) bond motifs is 1. The van der Waals surface area contributed by atoms with E-state index in [0.29, 0.717) is 17.3 Å². The van der Waals surface area contributed by atoms with Crippen LogP contribution in [0.25, 0.3) is 22.4 Å². The van der Waals surface area contributed by atoms with Gasteiger partial charge < -0.3 is 5.32 Å². The van der Waals surface area contributed by atoms with E-state index < -0.39 is 29.2 Å². The average molecular weight is 460 g/mol. The number of pyridine rings is 4. The minimum absolute atomic E-state index is 0.0571. The molecule has 33 heavy (non-hydrogen) atoms. The first kappa shape index (κ1) is 21.9. The highest BCUT2D eigenvalue weighted by molar-refractivity contribution is 5.91. The Bertz CT molecular complexity index is 1370. The lowest BCUT2D eigenvalue weighted by Crippen LogP contribution is -2.10. The summed E-state index contributed by atoms with van der Waals surface area (Å²) in [6.45, 7) is 0. The van der Waals surface area contributed by atoms with Gasteiger partial charge in [0.05, 0.1) is 22.5 Å². The van der Waals surface area contributed by atoms with E-state index in [1.54, 1.807) is 6.07 Å². The van der Waals surface area contributed by atoms with Gasteiger partial charge in [-0.05, 0) is 42.5 Å². The Labute approximate surface area is 181 Å². The summed E-state index contributed by atoms with van der Waals surface area (Å²) in [6.07, 6.45) is -7.25. The molecule has 0 aliphatic heterocycles. The van der Waals surface area contributed by atoms with Gasteiger partial charge in [-0.25, -0.2) is 19.9 Å². The maximum absolute atomic E-state index is 13.4. The molecule has 0 aliphatic carbocycles. The number of aromatic nitrogens is 4. The summed E-state index contributed by atoms with van der Waals surface area (Å²) in [7, 11) is 0. The van der Waals surface area contributed by atoms with Gasteiger partial charge in [0.25, 0.3) is 0 Å². The fourth-order valence-electron chi connectivity index (χ4n) is 2.99. The molecule has 166 valence electrons. The zero-order valence-electron chi connectivity index (χ0n) is 16.2. The van der Waals surface area contributed by atoms with Crippen molar-refractivity contribution < 1.29 is 26.3 Å². The highest BCUT2D eigenvalue weighted by Gasteiger charge is 2.35. The maximum atomic E-state index is 13.4. The second-order valence-electron chi connectivity index (χ2n) is 6.68. The first-order valence-electron chi connectivity index (χ1n) is 9.11. The van der Waals surface area contributed by atoms with Crippen molar-refractivity contribution in [2.75, 3.05) is 5.32 Å². The number of hydrogen-bond donors (Lipinski definition) is 1. The van der Waals surface area contributed by atoms with E-state index in [1.807, 2.05) is 0 Å². The number of nitriles is 1. The summed E-state index contributed by atoms with van der Waals surface area (Å²) in [6, 6.07) is 9.66. The number of alkyl halides is 6. The van der Waals surface area contributed by atoms with Crippen LogP contribution in [-0.2, 0) is 12.4 Å². The fourth-order valence-corrected chi connectivity index (χ4v) is 2.99. The summed E-state index contributed by atoms with van der Waals surface area (Å²) in [5.74, 6) is 0.113. The molecule has 12 heteroatoms. The SMILES string of the molecule is N#Cc1ccc(C(F)(F)F)c(-c2ccc3c(Nc4ccc(C(F)(F)F)cn4)ccnc3n2)n1. The second kappa shape index (κ2) is 8.01. The molecule has 4 aromatic heterocycles. The summed E-state index contributed by atoms with van der Waals surface area (Å²) in [5, 5.41) is 12.2. The molecule has 4 rings (SSSR count). The number of hydrogen-bond acceptors (Lipinski definition) is 6. The van der Waals surface area contributed by atoms with Gasteiger partial charge in [0, 0.05) is 17.8 Å². The summed E-state index contributed by atoms with van der Waals surface area (Å²) in [4.78, 5) is 15.7. The molecule has 0 spiro atoms. The van der Waals surface area contributed by atoms with Crippen LogP contribution >= 0.6 is 0 Å².